The first-order valence-corrected chi connectivity index (χ1v) is 9.83. The molecule has 2 aliphatic rings. The Labute approximate surface area is 162 Å². The maximum atomic E-state index is 12.1. The zero-order valence-electron chi connectivity index (χ0n) is 14.1. The van der Waals surface area contributed by atoms with Gasteiger partial charge < -0.3 is 14.8 Å². The Bertz CT molecular complexity index is 701. The number of alkyl halides is 3. The van der Waals surface area contributed by atoms with Crippen molar-refractivity contribution in [3.8, 4) is 0 Å². The molecule has 1 saturated heterocycles. The summed E-state index contributed by atoms with van der Waals surface area (Å²) in [4.78, 5) is 25.3. The van der Waals surface area contributed by atoms with Crippen LogP contribution >= 0.6 is 34.8 Å². The molecule has 1 amide bonds. The number of amides is 1. The van der Waals surface area contributed by atoms with Crippen molar-refractivity contribution >= 4 is 40.7 Å². The molecule has 1 aromatic heterocycles. The number of hydrogen-bond donors (Lipinski definition) is 2. The summed E-state index contributed by atoms with van der Waals surface area (Å²) in [6, 6.07) is 5.41. The zero-order chi connectivity index (χ0) is 18.2. The van der Waals surface area contributed by atoms with Crippen LogP contribution in [0.2, 0.25) is 0 Å². The molecule has 1 aromatic rings. The maximum absolute atomic E-state index is 12.1. The van der Waals surface area contributed by atoms with Gasteiger partial charge in [-0.2, -0.15) is 0 Å². The first-order chi connectivity index (χ1) is 11.8. The Hall–Kier alpha value is -0.750. The van der Waals surface area contributed by atoms with E-state index in [1.165, 1.54) is 0 Å². The molecule has 1 fully saturated rings. The number of carbonyl (C=O) groups excluding carboxylic acids is 1. The molecule has 4 atom stereocenters. The lowest BCUT2D eigenvalue weighted by molar-refractivity contribution is -0.937. The largest absolute Gasteiger partial charge is 0.312 e. The van der Waals surface area contributed by atoms with Crippen molar-refractivity contribution in [3.05, 3.63) is 34.2 Å². The average molecular weight is 408 g/mol. The summed E-state index contributed by atoms with van der Waals surface area (Å²) in [5.74, 6) is 0.465. The molecule has 25 heavy (non-hydrogen) atoms. The highest BCUT2D eigenvalue weighted by atomic mass is 35.6. The number of nitrogens with zero attached hydrogens (tertiary/aromatic N) is 1. The third-order valence-electron chi connectivity index (χ3n) is 5.14. The van der Waals surface area contributed by atoms with Gasteiger partial charge in [0.2, 0.25) is 12.1 Å². The van der Waals surface area contributed by atoms with Gasteiger partial charge in [0.1, 0.15) is 0 Å². The molecule has 138 valence electrons. The van der Waals surface area contributed by atoms with Gasteiger partial charge in [-0.05, 0) is 18.9 Å². The number of hydrogen-bond acceptors (Lipinski definition) is 2. The molecule has 5 nitrogen and oxygen atoms in total. The van der Waals surface area contributed by atoms with Gasteiger partial charge in [0, 0.05) is 36.6 Å². The lowest BCUT2D eigenvalue weighted by Crippen LogP contribution is -3.21. The van der Waals surface area contributed by atoms with Crippen molar-refractivity contribution < 1.29 is 9.69 Å². The fourth-order valence-corrected chi connectivity index (χ4v) is 4.79. The molecular weight excluding hydrogens is 385 g/mol. The molecular formula is C17H23Cl3N3O2+. The van der Waals surface area contributed by atoms with E-state index in [1.54, 1.807) is 12.1 Å². The standard InChI is InChI=1S/C17H22Cl3N3O2/c1-2-4-14(24)21-16(17(18,19)20)22-8-11-7-12(10-22)13-5-3-6-15(25)23(13)9-11/h3,5-6,11-12,16H,2,4,7-10H2,1H3,(H,21,24)/p+1/t11-,12+,16+/m1/s1. The molecule has 2 bridgehead atoms. The zero-order valence-corrected chi connectivity index (χ0v) is 16.4. The van der Waals surface area contributed by atoms with E-state index in [4.69, 9.17) is 34.8 Å². The number of carbonyl (C=O) groups is 1. The Morgan fingerprint density at radius 3 is 2.84 bits per heavy atom. The number of aromatic nitrogens is 1. The smallest absolute Gasteiger partial charge is 0.262 e. The van der Waals surface area contributed by atoms with E-state index in [1.807, 2.05) is 17.6 Å². The summed E-state index contributed by atoms with van der Waals surface area (Å²) in [6.07, 6.45) is 1.59. The molecule has 0 radical (unpaired) electrons. The topological polar surface area (TPSA) is 55.5 Å². The molecule has 2 aliphatic heterocycles. The number of quaternary nitrogens is 1. The molecule has 1 unspecified atom stereocenters. The van der Waals surface area contributed by atoms with Crippen LogP contribution in [0.4, 0.5) is 0 Å². The van der Waals surface area contributed by atoms with Gasteiger partial charge in [0.05, 0.1) is 13.1 Å². The van der Waals surface area contributed by atoms with Crippen LogP contribution in [-0.2, 0) is 11.3 Å². The first kappa shape index (κ1) is 19.0. The second-order valence-electron chi connectivity index (χ2n) is 7.06. The summed E-state index contributed by atoms with van der Waals surface area (Å²) < 4.78 is 0.288. The highest BCUT2D eigenvalue weighted by Crippen LogP contribution is 2.32. The fraction of sp³-hybridized carbons (Fsp3) is 0.647. The lowest BCUT2D eigenvalue weighted by atomic mass is 9.83. The highest BCUT2D eigenvalue weighted by molar-refractivity contribution is 6.68. The van der Waals surface area contributed by atoms with Crippen molar-refractivity contribution in [2.75, 3.05) is 13.1 Å². The van der Waals surface area contributed by atoms with E-state index >= 15 is 0 Å². The Morgan fingerprint density at radius 1 is 1.40 bits per heavy atom. The third-order valence-corrected chi connectivity index (χ3v) is 5.79. The normalized spacial score (nSPS) is 26.6. The van der Waals surface area contributed by atoms with Crippen LogP contribution in [0.5, 0.6) is 0 Å². The monoisotopic (exact) mass is 406 g/mol. The van der Waals surface area contributed by atoms with Crippen molar-refractivity contribution in [1.82, 2.24) is 9.88 Å². The predicted octanol–water partition coefficient (Wildman–Crippen LogP) is 1.46. The lowest BCUT2D eigenvalue weighted by Gasteiger charge is -2.44. The van der Waals surface area contributed by atoms with E-state index in [-0.39, 0.29) is 17.4 Å². The van der Waals surface area contributed by atoms with Crippen LogP contribution in [0.1, 0.15) is 37.8 Å². The van der Waals surface area contributed by atoms with E-state index in [9.17, 15) is 9.59 Å². The molecule has 8 heteroatoms. The molecule has 3 rings (SSSR count). The maximum Gasteiger partial charge on any atom is 0.262 e. The van der Waals surface area contributed by atoms with Crippen LogP contribution in [0, 0.1) is 5.92 Å². The van der Waals surface area contributed by atoms with Gasteiger partial charge >= 0.3 is 0 Å². The van der Waals surface area contributed by atoms with E-state index in [0.717, 1.165) is 36.5 Å². The van der Waals surface area contributed by atoms with E-state index in [0.29, 0.717) is 18.9 Å². The second-order valence-corrected chi connectivity index (χ2v) is 9.43. The van der Waals surface area contributed by atoms with Crippen molar-refractivity contribution in [3.63, 3.8) is 0 Å². The predicted molar refractivity (Wildman–Crippen MR) is 99.4 cm³/mol. The molecule has 0 spiro atoms. The van der Waals surface area contributed by atoms with Gasteiger partial charge in [-0.3, -0.25) is 9.59 Å². The first-order valence-electron chi connectivity index (χ1n) is 8.70. The van der Waals surface area contributed by atoms with E-state index in [2.05, 4.69) is 5.32 Å². The van der Waals surface area contributed by atoms with Gasteiger partial charge in [-0.1, -0.05) is 47.8 Å². The molecule has 0 aliphatic carbocycles. The SMILES string of the molecule is CCCC(=O)N[C@@H]([NH+]1C[C@H]2C[C@@H](C1)c1cccc(=O)n1C2)C(Cl)(Cl)Cl. The van der Waals surface area contributed by atoms with Crippen LogP contribution in [0.15, 0.2) is 23.0 Å². The van der Waals surface area contributed by atoms with Crippen molar-refractivity contribution in [1.29, 1.82) is 0 Å². The second kappa shape index (κ2) is 7.47. The number of piperidine rings is 1. The van der Waals surface area contributed by atoms with Crippen LogP contribution < -0.4 is 15.8 Å². The van der Waals surface area contributed by atoms with Crippen LogP contribution in [0.3, 0.4) is 0 Å². The number of nitrogens with one attached hydrogen (secondary N) is 2. The molecule has 3 heterocycles. The fourth-order valence-electron chi connectivity index (χ4n) is 4.16. The summed E-state index contributed by atoms with van der Waals surface area (Å²) in [5, 5.41) is 2.91. The number of pyridine rings is 1. The minimum Gasteiger partial charge on any atom is -0.312 e. The third kappa shape index (κ3) is 4.16. The van der Waals surface area contributed by atoms with Gasteiger partial charge in [0.15, 0.2) is 0 Å². The summed E-state index contributed by atoms with van der Waals surface area (Å²) in [5.41, 5.74) is 1.09. The van der Waals surface area contributed by atoms with Gasteiger partial charge in [-0.25, -0.2) is 0 Å². The minimum absolute atomic E-state index is 0.0461. The minimum atomic E-state index is -1.58. The number of likely N-dealkylation sites (tertiary alicyclic amines) is 1. The quantitative estimate of drug-likeness (QED) is 0.743. The highest BCUT2D eigenvalue weighted by Gasteiger charge is 2.47. The molecule has 0 aromatic carbocycles. The van der Waals surface area contributed by atoms with Crippen LogP contribution in [-0.4, -0.2) is 33.5 Å². The molecule has 2 N–H and O–H groups in total. The van der Waals surface area contributed by atoms with E-state index < -0.39 is 9.96 Å². The van der Waals surface area contributed by atoms with Crippen molar-refractivity contribution in [2.45, 2.75) is 48.6 Å². The summed E-state index contributed by atoms with van der Waals surface area (Å²) >= 11 is 18.6. The Balaban J connectivity index is 1.84. The Morgan fingerprint density at radius 2 is 2.16 bits per heavy atom. The summed E-state index contributed by atoms with van der Waals surface area (Å²) in [6.45, 7) is 4.12. The number of rotatable bonds is 4. The Kier molecular flexibility index (Phi) is 5.69. The number of fused-ring (bicyclic) bond motifs is 4. The average Bonchev–Trinajstić information content (AvgIpc) is 2.53. The van der Waals surface area contributed by atoms with Gasteiger partial charge in [-0.15, -0.1) is 0 Å². The summed E-state index contributed by atoms with van der Waals surface area (Å²) in [7, 11) is 0. The molecule has 0 saturated carbocycles. The van der Waals surface area contributed by atoms with Crippen molar-refractivity contribution in [2.24, 2.45) is 5.92 Å². The number of halogens is 3. The van der Waals surface area contributed by atoms with Gasteiger partial charge in [0.25, 0.3) is 9.35 Å². The van der Waals surface area contributed by atoms with Crippen LogP contribution in [0.25, 0.3) is 0 Å².